The number of hydrogen-bond acceptors (Lipinski definition) is 4. The van der Waals surface area contributed by atoms with Crippen LogP contribution in [0.3, 0.4) is 0 Å². The van der Waals surface area contributed by atoms with Crippen LogP contribution in [0, 0.1) is 11.3 Å². The van der Waals surface area contributed by atoms with E-state index in [9.17, 15) is 5.11 Å². The third-order valence-electron chi connectivity index (χ3n) is 2.55. The molecular weight excluding hydrogens is 214 g/mol. The highest BCUT2D eigenvalue weighted by Gasteiger charge is 2.08. The zero-order valence-electron chi connectivity index (χ0n) is 9.09. The van der Waals surface area contributed by atoms with Gasteiger partial charge in [-0.15, -0.1) is 0 Å². The molecule has 0 atom stereocenters. The summed E-state index contributed by atoms with van der Waals surface area (Å²) in [5.41, 5.74) is 8.51. The minimum atomic E-state index is -0.175. The van der Waals surface area contributed by atoms with E-state index in [4.69, 9.17) is 11.0 Å². The highest BCUT2D eigenvalue weighted by Crippen LogP contribution is 2.26. The van der Waals surface area contributed by atoms with Gasteiger partial charge in [0.1, 0.15) is 5.82 Å². The van der Waals surface area contributed by atoms with Crippen LogP contribution in [-0.4, -0.2) is 10.1 Å². The van der Waals surface area contributed by atoms with Crippen LogP contribution in [0.4, 0.5) is 5.82 Å². The molecule has 0 aliphatic carbocycles. The molecule has 0 aliphatic rings. The quantitative estimate of drug-likeness (QED) is 0.814. The number of nitrogens with two attached hydrogens (primary N) is 1. The van der Waals surface area contributed by atoms with Gasteiger partial charge in [0.15, 0.2) is 0 Å². The first kappa shape index (κ1) is 11.1. The smallest absolute Gasteiger partial charge is 0.129 e. The summed E-state index contributed by atoms with van der Waals surface area (Å²) in [6.45, 7) is -0.175. The highest BCUT2D eigenvalue weighted by molar-refractivity contribution is 5.72. The van der Waals surface area contributed by atoms with Crippen molar-refractivity contribution in [3.8, 4) is 17.2 Å². The maximum Gasteiger partial charge on any atom is 0.129 e. The number of nitriles is 1. The van der Waals surface area contributed by atoms with Gasteiger partial charge in [0.05, 0.1) is 18.2 Å². The second-order valence-electron chi connectivity index (χ2n) is 3.57. The van der Waals surface area contributed by atoms with E-state index in [0.717, 1.165) is 11.1 Å². The number of hydrogen-bond donors (Lipinski definition) is 2. The number of nitrogens with zero attached hydrogens (tertiary/aromatic N) is 2. The highest BCUT2D eigenvalue weighted by atomic mass is 16.3. The average Bonchev–Trinajstić information content (AvgIpc) is 2.38. The van der Waals surface area contributed by atoms with E-state index in [2.05, 4.69) is 11.1 Å². The number of aliphatic hydroxyl groups is 1. The molecule has 1 heterocycles. The van der Waals surface area contributed by atoms with Crippen molar-refractivity contribution in [2.45, 2.75) is 6.61 Å². The number of anilines is 1. The number of rotatable bonds is 2. The molecule has 17 heavy (non-hydrogen) atoms. The van der Waals surface area contributed by atoms with Gasteiger partial charge in [-0.3, -0.25) is 0 Å². The predicted octanol–water partition coefficient (Wildman–Crippen LogP) is 1.69. The third-order valence-corrected chi connectivity index (χ3v) is 2.55. The molecule has 0 saturated heterocycles. The lowest BCUT2D eigenvalue weighted by Gasteiger charge is -2.09. The van der Waals surface area contributed by atoms with Gasteiger partial charge in [-0.05, 0) is 29.3 Å². The summed E-state index contributed by atoms with van der Waals surface area (Å²) in [5.74, 6) is 0.312. The zero-order valence-corrected chi connectivity index (χ0v) is 9.09. The molecule has 4 heteroatoms. The molecule has 0 spiro atoms. The molecule has 84 valence electrons. The largest absolute Gasteiger partial charge is 0.392 e. The molecule has 0 radical (unpaired) electrons. The Hall–Kier alpha value is -2.38. The molecule has 0 amide bonds. The molecule has 1 aromatic carbocycles. The lowest BCUT2D eigenvalue weighted by Crippen LogP contribution is -2.00. The molecule has 4 nitrogen and oxygen atoms in total. The summed E-state index contributed by atoms with van der Waals surface area (Å²) >= 11 is 0. The van der Waals surface area contributed by atoms with Crippen LogP contribution in [0.15, 0.2) is 36.5 Å². The Bertz CT molecular complexity index is 587. The minimum Gasteiger partial charge on any atom is -0.392 e. The van der Waals surface area contributed by atoms with Crippen LogP contribution in [-0.2, 0) is 6.61 Å². The van der Waals surface area contributed by atoms with Crippen molar-refractivity contribution in [3.05, 3.63) is 47.7 Å². The topological polar surface area (TPSA) is 82.9 Å². The van der Waals surface area contributed by atoms with Gasteiger partial charge in [0, 0.05) is 11.8 Å². The Labute approximate surface area is 99.0 Å². The number of pyridine rings is 1. The van der Waals surface area contributed by atoms with Gasteiger partial charge in [-0.25, -0.2) is 4.98 Å². The molecule has 0 bridgehead atoms. The Balaban J connectivity index is 2.60. The first-order chi connectivity index (χ1) is 8.26. The van der Waals surface area contributed by atoms with Crippen molar-refractivity contribution in [1.82, 2.24) is 4.98 Å². The Kier molecular flexibility index (Phi) is 3.03. The fourth-order valence-corrected chi connectivity index (χ4v) is 1.70. The van der Waals surface area contributed by atoms with E-state index < -0.39 is 0 Å². The van der Waals surface area contributed by atoms with Crippen molar-refractivity contribution in [2.24, 2.45) is 0 Å². The molecule has 2 rings (SSSR count). The van der Waals surface area contributed by atoms with E-state index in [0.29, 0.717) is 16.9 Å². The van der Waals surface area contributed by atoms with E-state index in [1.54, 1.807) is 30.5 Å². The minimum absolute atomic E-state index is 0.175. The summed E-state index contributed by atoms with van der Waals surface area (Å²) < 4.78 is 0. The van der Waals surface area contributed by atoms with Crippen molar-refractivity contribution >= 4 is 5.82 Å². The second-order valence-corrected chi connectivity index (χ2v) is 3.57. The average molecular weight is 225 g/mol. The Morgan fingerprint density at radius 3 is 2.88 bits per heavy atom. The SMILES string of the molecule is N#Cc1cccc(-c2ccnc(N)c2CO)c1. The number of nitrogen functional groups attached to an aromatic ring is 1. The Morgan fingerprint density at radius 2 is 2.18 bits per heavy atom. The lowest BCUT2D eigenvalue weighted by molar-refractivity contribution is 0.282. The van der Waals surface area contributed by atoms with Crippen molar-refractivity contribution < 1.29 is 5.11 Å². The van der Waals surface area contributed by atoms with E-state index in [-0.39, 0.29) is 6.61 Å². The molecule has 3 N–H and O–H groups in total. The van der Waals surface area contributed by atoms with Gasteiger partial charge in [-0.1, -0.05) is 12.1 Å². The van der Waals surface area contributed by atoms with Crippen LogP contribution in [0.5, 0.6) is 0 Å². The fraction of sp³-hybridized carbons (Fsp3) is 0.0769. The number of benzene rings is 1. The summed E-state index contributed by atoms with van der Waals surface area (Å²) in [4.78, 5) is 3.93. The third kappa shape index (κ3) is 2.10. The van der Waals surface area contributed by atoms with Crippen LogP contribution in [0.1, 0.15) is 11.1 Å². The summed E-state index contributed by atoms with van der Waals surface area (Å²) in [6.07, 6.45) is 1.59. The molecule has 0 unspecified atom stereocenters. The lowest BCUT2D eigenvalue weighted by atomic mass is 10.00. The molecule has 0 saturated carbocycles. The van der Waals surface area contributed by atoms with Gasteiger partial charge in [0.2, 0.25) is 0 Å². The number of aromatic nitrogens is 1. The summed E-state index contributed by atoms with van der Waals surface area (Å²) in [5, 5.41) is 18.2. The summed E-state index contributed by atoms with van der Waals surface area (Å²) in [7, 11) is 0. The van der Waals surface area contributed by atoms with Crippen LogP contribution in [0.2, 0.25) is 0 Å². The van der Waals surface area contributed by atoms with E-state index in [1.165, 1.54) is 0 Å². The second kappa shape index (κ2) is 4.64. The maximum atomic E-state index is 9.30. The standard InChI is InChI=1S/C13H11N3O/c14-7-9-2-1-3-10(6-9)11-4-5-16-13(15)12(11)8-17/h1-6,17H,8H2,(H2,15,16). The first-order valence-electron chi connectivity index (χ1n) is 5.11. The van der Waals surface area contributed by atoms with Crippen molar-refractivity contribution in [2.75, 3.05) is 5.73 Å². The van der Waals surface area contributed by atoms with Crippen LogP contribution >= 0.6 is 0 Å². The molecular formula is C13H11N3O. The Morgan fingerprint density at radius 1 is 1.35 bits per heavy atom. The monoisotopic (exact) mass is 225 g/mol. The first-order valence-corrected chi connectivity index (χ1v) is 5.11. The summed E-state index contributed by atoms with van der Waals surface area (Å²) in [6, 6.07) is 11.0. The molecule has 0 aliphatic heterocycles. The van der Waals surface area contributed by atoms with Gasteiger partial charge < -0.3 is 10.8 Å². The van der Waals surface area contributed by atoms with Crippen LogP contribution in [0.25, 0.3) is 11.1 Å². The van der Waals surface area contributed by atoms with E-state index >= 15 is 0 Å². The zero-order chi connectivity index (χ0) is 12.3. The van der Waals surface area contributed by atoms with Gasteiger partial charge >= 0.3 is 0 Å². The fourth-order valence-electron chi connectivity index (χ4n) is 1.70. The van der Waals surface area contributed by atoms with Gasteiger partial charge in [-0.2, -0.15) is 5.26 Å². The number of aliphatic hydroxyl groups excluding tert-OH is 1. The van der Waals surface area contributed by atoms with Crippen LogP contribution < -0.4 is 5.73 Å². The van der Waals surface area contributed by atoms with Crippen molar-refractivity contribution in [3.63, 3.8) is 0 Å². The predicted molar refractivity (Wildman–Crippen MR) is 64.7 cm³/mol. The molecule has 0 fully saturated rings. The molecule has 1 aromatic heterocycles. The molecule has 2 aromatic rings. The van der Waals surface area contributed by atoms with Gasteiger partial charge in [0.25, 0.3) is 0 Å². The van der Waals surface area contributed by atoms with E-state index in [1.807, 2.05) is 6.07 Å². The van der Waals surface area contributed by atoms with Crippen molar-refractivity contribution in [1.29, 1.82) is 5.26 Å². The normalized spacial score (nSPS) is 9.88. The maximum absolute atomic E-state index is 9.30.